The van der Waals surface area contributed by atoms with Crippen molar-refractivity contribution in [3.05, 3.63) is 71.4 Å². The van der Waals surface area contributed by atoms with Crippen molar-refractivity contribution < 1.29 is 37.0 Å². The average molecular weight is 574 g/mol. The summed E-state index contributed by atoms with van der Waals surface area (Å²) in [6, 6.07) is 16.1. The molecule has 2 aromatic rings. The maximum atomic E-state index is 14.3. The molecule has 3 aliphatic rings. The molecule has 5 atom stereocenters. The maximum absolute atomic E-state index is 14.3. The molecule has 0 radical (unpaired) electrons. The van der Waals surface area contributed by atoms with Crippen LogP contribution in [0, 0.1) is 11.1 Å². The van der Waals surface area contributed by atoms with Gasteiger partial charge in [-0.3, -0.25) is 19.7 Å². The monoisotopic (exact) mass is 573 g/mol. The van der Waals surface area contributed by atoms with Gasteiger partial charge in [-0.2, -0.15) is 9.73 Å². The number of nitrogens with one attached hydrogen (secondary N) is 3. The average Bonchev–Trinajstić information content (AvgIpc) is 3.17. The summed E-state index contributed by atoms with van der Waals surface area (Å²) in [6.45, 7) is -0.322. The van der Waals surface area contributed by atoms with Crippen LogP contribution in [0.15, 0.2) is 65.6 Å². The normalized spacial score (nSPS) is 28.9. The van der Waals surface area contributed by atoms with Crippen LogP contribution < -0.4 is 15.4 Å². The van der Waals surface area contributed by atoms with Gasteiger partial charge in [0, 0.05) is 19.4 Å². The Morgan fingerprint density at radius 2 is 1.82 bits per heavy atom. The molecule has 0 saturated carbocycles. The van der Waals surface area contributed by atoms with Crippen LogP contribution in [0.5, 0.6) is 0 Å². The van der Waals surface area contributed by atoms with E-state index in [0.717, 1.165) is 10.6 Å². The zero-order valence-corrected chi connectivity index (χ0v) is 22.4. The summed E-state index contributed by atoms with van der Waals surface area (Å²) in [6.07, 6.45) is -2.39. The van der Waals surface area contributed by atoms with E-state index in [0.29, 0.717) is 0 Å². The Bertz CT molecular complexity index is 1350. The highest BCUT2D eigenvalue weighted by Crippen LogP contribution is 2.30. The number of esters is 1. The van der Waals surface area contributed by atoms with E-state index in [1.54, 1.807) is 18.2 Å². The molecule has 4 unspecified atom stereocenters. The largest absolute Gasteiger partial charge is 0.605 e. The SMILES string of the molecule is O=C1CC(NC(=O)[C@H]2CNCN3C(=O)CCC(NS(=O)(=O)c4ccccc4)[N+]3([O-])C2)C(OCc2ccccc2)O1. The number of hydroxylamine groups is 2. The lowest BCUT2D eigenvalue weighted by atomic mass is 10.1. The Morgan fingerprint density at radius 1 is 1.12 bits per heavy atom. The molecule has 3 saturated heterocycles. The van der Waals surface area contributed by atoms with Crippen LogP contribution in [-0.4, -0.2) is 74.2 Å². The number of hydrogen-bond acceptors (Lipinski definition) is 9. The number of amides is 2. The first-order valence-electron chi connectivity index (χ1n) is 13.0. The van der Waals surface area contributed by atoms with E-state index in [4.69, 9.17) is 9.47 Å². The molecule has 2 aromatic carbocycles. The quantitative estimate of drug-likeness (QED) is 0.229. The Balaban J connectivity index is 1.30. The lowest BCUT2D eigenvalue weighted by Gasteiger charge is -2.55. The molecule has 3 N–H and O–H groups in total. The number of quaternary nitrogens is 1. The maximum Gasteiger partial charge on any atom is 0.310 e. The van der Waals surface area contributed by atoms with Crippen molar-refractivity contribution in [1.82, 2.24) is 20.4 Å². The zero-order valence-electron chi connectivity index (χ0n) is 21.6. The summed E-state index contributed by atoms with van der Waals surface area (Å²) in [5.74, 6) is -2.45. The minimum absolute atomic E-state index is 0.0141. The summed E-state index contributed by atoms with van der Waals surface area (Å²) < 4.78 is 38.2. The number of benzene rings is 2. The summed E-state index contributed by atoms with van der Waals surface area (Å²) >= 11 is 0. The molecule has 5 rings (SSSR count). The second kappa shape index (κ2) is 11.6. The minimum Gasteiger partial charge on any atom is -0.605 e. The van der Waals surface area contributed by atoms with Gasteiger partial charge in [-0.25, -0.2) is 13.2 Å². The third-order valence-corrected chi connectivity index (χ3v) is 8.69. The van der Waals surface area contributed by atoms with E-state index in [2.05, 4.69) is 15.4 Å². The first-order valence-corrected chi connectivity index (χ1v) is 14.5. The lowest BCUT2D eigenvalue weighted by molar-refractivity contribution is -1.01. The van der Waals surface area contributed by atoms with Gasteiger partial charge in [0.05, 0.1) is 17.9 Å². The number of hydrogen-bond donors (Lipinski definition) is 3. The number of ether oxygens (including phenoxy) is 2. The molecule has 3 aliphatic heterocycles. The lowest BCUT2D eigenvalue weighted by Crippen LogP contribution is -2.72. The van der Waals surface area contributed by atoms with E-state index >= 15 is 0 Å². The fraction of sp³-hybridized carbons (Fsp3) is 0.423. The second-order valence-corrected chi connectivity index (χ2v) is 11.7. The Labute approximate surface area is 231 Å². The third-order valence-electron chi connectivity index (χ3n) is 7.21. The third kappa shape index (κ3) is 6.01. The first kappa shape index (κ1) is 28.1. The van der Waals surface area contributed by atoms with E-state index in [-0.39, 0.29) is 44.0 Å². The van der Waals surface area contributed by atoms with Gasteiger partial charge < -0.3 is 20.0 Å². The summed E-state index contributed by atoms with van der Waals surface area (Å²) in [5, 5.41) is 21.0. The van der Waals surface area contributed by atoms with Crippen LogP contribution in [-0.2, 0) is 40.5 Å². The fourth-order valence-electron chi connectivity index (χ4n) is 5.13. The molecule has 3 heterocycles. The molecule has 40 heavy (non-hydrogen) atoms. The van der Waals surface area contributed by atoms with Crippen molar-refractivity contribution in [1.29, 1.82) is 0 Å². The van der Waals surface area contributed by atoms with Crippen molar-refractivity contribution in [3.63, 3.8) is 0 Å². The summed E-state index contributed by atoms with van der Waals surface area (Å²) in [7, 11) is -4.07. The van der Waals surface area contributed by atoms with E-state index < -0.39 is 63.5 Å². The minimum atomic E-state index is -4.07. The van der Waals surface area contributed by atoms with Crippen molar-refractivity contribution in [2.24, 2.45) is 5.92 Å². The highest BCUT2D eigenvalue weighted by atomic mass is 32.2. The van der Waals surface area contributed by atoms with E-state index in [1.165, 1.54) is 12.1 Å². The smallest absolute Gasteiger partial charge is 0.310 e. The van der Waals surface area contributed by atoms with Crippen molar-refractivity contribution in [3.8, 4) is 0 Å². The highest BCUT2D eigenvalue weighted by molar-refractivity contribution is 7.89. The molecule has 0 aliphatic carbocycles. The number of fused-ring (bicyclic) bond motifs is 1. The second-order valence-electron chi connectivity index (χ2n) is 10.0. The molecular weight excluding hydrogens is 542 g/mol. The van der Waals surface area contributed by atoms with Gasteiger partial charge >= 0.3 is 5.97 Å². The van der Waals surface area contributed by atoms with Crippen LogP contribution in [0.3, 0.4) is 0 Å². The standard InChI is InChI=1S/C26H31N5O8S/c32-23-12-11-22(29-40(36,37)20-9-5-2-6-10-20)31(35)15-19(14-27-17-30(23)31)25(34)28-21-13-24(33)39-26(21)38-16-18-7-3-1-4-8-18/h1-10,19,21-22,26-27,29H,11-17H2,(H,28,34)/t19-,21?,22?,26?,31?/m0/s1. The van der Waals surface area contributed by atoms with E-state index in [9.17, 15) is 28.0 Å². The molecule has 13 nitrogen and oxygen atoms in total. The van der Waals surface area contributed by atoms with Crippen molar-refractivity contribution in [2.45, 2.75) is 49.3 Å². The van der Waals surface area contributed by atoms with Gasteiger partial charge in [0.15, 0.2) is 6.17 Å². The van der Waals surface area contributed by atoms with Crippen molar-refractivity contribution >= 4 is 27.8 Å². The number of nitrogens with zero attached hydrogens (tertiary/aromatic N) is 2. The number of sulfonamides is 1. The van der Waals surface area contributed by atoms with Gasteiger partial charge in [-0.1, -0.05) is 48.5 Å². The molecule has 214 valence electrons. The predicted molar refractivity (Wildman–Crippen MR) is 139 cm³/mol. The number of carbonyl (C=O) groups excluding carboxylic acids is 3. The van der Waals surface area contributed by atoms with Crippen LogP contribution >= 0.6 is 0 Å². The van der Waals surface area contributed by atoms with E-state index in [1.807, 2.05) is 30.3 Å². The fourth-order valence-corrected chi connectivity index (χ4v) is 6.42. The van der Waals surface area contributed by atoms with Crippen LogP contribution in [0.25, 0.3) is 0 Å². The van der Waals surface area contributed by atoms with Gasteiger partial charge in [0.25, 0.3) is 5.91 Å². The van der Waals surface area contributed by atoms with Gasteiger partial charge in [-0.15, -0.1) is 0 Å². The highest BCUT2D eigenvalue weighted by Gasteiger charge is 2.49. The first-order chi connectivity index (χ1) is 19.2. The topological polar surface area (TPSA) is 166 Å². The van der Waals surface area contributed by atoms with Crippen molar-refractivity contribution in [2.75, 3.05) is 19.8 Å². The predicted octanol–water partition coefficient (Wildman–Crippen LogP) is 0.295. The molecule has 0 bridgehead atoms. The molecule has 0 aromatic heterocycles. The molecule has 14 heteroatoms. The summed E-state index contributed by atoms with van der Waals surface area (Å²) in [5.41, 5.74) is 0.861. The number of cyclic esters (lactones) is 1. The van der Waals surface area contributed by atoms with Gasteiger partial charge in [-0.05, 0) is 17.7 Å². The number of carbonyl (C=O) groups is 3. The van der Waals surface area contributed by atoms with Crippen LogP contribution in [0.1, 0.15) is 24.8 Å². The molecule has 0 spiro atoms. The number of rotatable bonds is 8. The Kier molecular flexibility index (Phi) is 8.16. The van der Waals surface area contributed by atoms with Gasteiger partial charge in [0.2, 0.25) is 22.2 Å². The van der Waals surface area contributed by atoms with Crippen LogP contribution in [0.2, 0.25) is 0 Å². The summed E-state index contributed by atoms with van der Waals surface area (Å²) in [4.78, 5) is 38.1. The Morgan fingerprint density at radius 3 is 2.55 bits per heavy atom. The Hall–Kier alpha value is -3.40. The molecule has 2 amide bonds. The van der Waals surface area contributed by atoms with Gasteiger partial charge in [0.1, 0.15) is 25.2 Å². The molecule has 3 fully saturated rings. The zero-order chi connectivity index (χ0) is 28.3. The van der Waals surface area contributed by atoms with Crippen LogP contribution in [0.4, 0.5) is 0 Å². The molecular formula is C26H31N5O8S.